The smallest absolute Gasteiger partial charge is 0.286 e. The summed E-state index contributed by atoms with van der Waals surface area (Å²) < 4.78 is 0. The summed E-state index contributed by atoms with van der Waals surface area (Å²) in [5, 5.41) is 1.43. The van der Waals surface area contributed by atoms with Gasteiger partial charge in [0.25, 0.3) is 5.91 Å². The van der Waals surface area contributed by atoms with Crippen LogP contribution < -0.4 is 4.90 Å². The van der Waals surface area contributed by atoms with E-state index in [9.17, 15) is 4.79 Å². The van der Waals surface area contributed by atoms with Crippen molar-refractivity contribution in [3.63, 3.8) is 0 Å². The Balaban J connectivity index is 1.43. The van der Waals surface area contributed by atoms with Crippen molar-refractivity contribution in [3.8, 4) is 0 Å². The van der Waals surface area contributed by atoms with Crippen LogP contribution in [0.1, 0.15) is 11.1 Å². The molecule has 1 fully saturated rings. The first-order valence-electron chi connectivity index (χ1n) is 8.94. The number of piperazine rings is 1. The molecule has 0 aromatic heterocycles. The minimum atomic E-state index is -0.184. The largest absolute Gasteiger partial charge is 0.368 e. The highest BCUT2D eigenvalue weighted by Crippen LogP contribution is 2.32. The summed E-state index contributed by atoms with van der Waals surface area (Å²) in [5.74, 6) is -0.184. The van der Waals surface area contributed by atoms with Crippen molar-refractivity contribution in [2.24, 2.45) is 4.99 Å². The van der Waals surface area contributed by atoms with E-state index in [0.29, 0.717) is 9.93 Å². The van der Waals surface area contributed by atoms with Gasteiger partial charge in [0.1, 0.15) is 0 Å². The van der Waals surface area contributed by atoms with E-state index in [4.69, 9.17) is 11.6 Å². The Labute approximate surface area is 168 Å². The Hall–Kier alpha value is -2.24. The number of carbonyl (C=O) groups excluding carboxylic acids is 1. The first-order chi connectivity index (χ1) is 13.1. The van der Waals surface area contributed by atoms with E-state index >= 15 is 0 Å². The number of nitrogens with zero attached hydrogens (tertiary/aromatic N) is 3. The summed E-state index contributed by atoms with van der Waals surface area (Å²) in [6.07, 6.45) is 1.83. The number of thioether (sulfide) groups is 1. The summed E-state index contributed by atoms with van der Waals surface area (Å²) in [6, 6.07) is 16.0. The maximum Gasteiger partial charge on any atom is 0.286 e. The molecule has 2 aromatic carbocycles. The summed E-state index contributed by atoms with van der Waals surface area (Å²) in [7, 11) is 0. The van der Waals surface area contributed by atoms with Crippen molar-refractivity contribution in [1.29, 1.82) is 0 Å². The molecule has 0 N–H and O–H groups in total. The zero-order valence-electron chi connectivity index (χ0n) is 15.1. The van der Waals surface area contributed by atoms with Crippen LogP contribution in [0.3, 0.4) is 0 Å². The number of para-hydroxylation sites is 1. The normalized spacial score (nSPS) is 19.0. The van der Waals surface area contributed by atoms with Gasteiger partial charge in [-0.25, -0.2) is 0 Å². The van der Waals surface area contributed by atoms with Gasteiger partial charge in [-0.15, -0.1) is 0 Å². The van der Waals surface area contributed by atoms with Crippen LogP contribution in [0.5, 0.6) is 0 Å². The molecule has 2 aromatic rings. The quantitative estimate of drug-likeness (QED) is 0.702. The Morgan fingerprint density at radius 1 is 1.00 bits per heavy atom. The number of halogens is 1. The molecule has 2 aliphatic rings. The summed E-state index contributed by atoms with van der Waals surface area (Å²) in [6.45, 7) is 5.69. The summed E-state index contributed by atoms with van der Waals surface area (Å²) in [4.78, 5) is 21.8. The predicted molar refractivity (Wildman–Crippen MR) is 114 cm³/mol. The Kier molecular flexibility index (Phi) is 5.23. The zero-order valence-corrected chi connectivity index (χ0v) is 16.6. The Morgan fingerprint density at radius 3 is 2.41 bits per heavy atom. The minimum absolute atomic E-state index is 0.184. The van der Waals surface area contributed by atoms with Gasteiger partial charge in [-0.05, 0) is 48.0 Å². The molecule has 0 spiro atoms. The number of carbonyl (C=O) groups is 1. The molecule has 4 rings (SSSR count). The van der Waals surface area contributed by atoms with E-state index in [1.54, 1.807) is 0 Å². The van der Waals surface area contributed by atoms with Crippen LogP contribution in [0, 0.1) is 6.92 Å². The SMILES string of the molecule is Cc1ccccc1N1CCN(C2=NC(=O)/C(=C\c3ccccc3Cl)S2)CC1. The standard InChI is InChI=1S/C21H20ClN3OS/c1-15-6-2-5-9-18(15)24-10-12-25(13-11-24)21-23-20(26)19(27-21)14-16-7-3-4-8-17(16)22/h2-9,14H,10-13H2,1H3/b19-14+. The minimum Gasteiger partial charge on any atom is -0.368 e. The topological polar surface area (TPSA) is 35.9 Å². The third kappa shape index (κ3) is 3.89. The molecule has 2 aliphatic heterocycles. The Morgan fingerprint density at radius 2 is 1.67 bits per heavy atom. The number of benzene rings is 2. The molecule has 0 saturated carbocycles. The fourth-order valence-corrected chi connectivity index (χ4v) is 4.47. The third-order valence-corrected chi connectivity index (χ3v) is 6.20. The van der Waals surface area contributed by atoms with E-state index in [-0.39, 0.29) is 5.91 Å². The molecule has 0 bridgehead atoms. The lowest BCUT2D eigenvalue weighted by molar-refractivity contribution is -0.113. The van der Waals surface area contributed by atoms with E-state index in [0.717, 1.165) is 36.9 Å². The molecule has 0 radical (unpaired) electrons. The van der Waals surface area contributed by atoms with Crippen molar-refractivity contribution >= 4 is 46.2 Å². The van der Waals surface area contributed by atoms with Gasteiger partial charge in [-0.1, -0.05) is 48.0 Å². The average Bonchev–Trinajstić information content (AvgIpc) is 3.05. The van der Waals surface area contributed by atoms with Crippen LogP contribution in [0.25, 0.3) is 6.08 Å². The highest BCUT2D eigenvalue weighted by atomic mass is 35.5. The second kappa shape index (κ2) is 7.79. The van der Waals surface area contributed by atoms with Crippen LogP contribution in [0.2, 0.25) is 5.02 Å². The number of hydrogen-bond donors (Lipinski definition) is 0. The van der Waals surface area contributed by atoms with Gasteiger partial charge in [-0.3, -0.25) is 4.79 Å². The molecule has 2 heterocycles. The zero-order chi connectivity index (χ0) is 18.8. The monoisotopic (exact) mass is 397 g/mol. The molecule has 138 valence electrons. The second-order valence-electron chi connectivity index (χ2n) is 6.59. The van der Waals surface area contributed by atoms with Crippen molar-refractivity contribution in [3.05, 3.63) is 69.6 Å². The van der Waals surface area contributed by atoms with Crippen molar-refractivity contribution in [1.82, 2.24) is 4.90 Å². The van der Waals surface area contributed by atoms with Gasteiger partial charge in [0.2, 0.25) is 0 Å². The van der Waals surface area contributed by atoms with Crippen LogP contribution in [-0.4, -0.2) is 42.2 Å². The van der Waals surface area contributed by atoms with Gasteiger partial charge < -0.3 is 9.80 Å². The molecule has 4 nitrogen and oxygen atoms in total. The van der Waals surface area contributed by atoms with Crippen LogP contribution >= 0.6 is 23.4 Å². The molecular weight excluding hydrogens is 378 g/mol. The first kappa shape index (κ1) is 18.1. The molecular formula is C21H20ClN3OS. The average molecular weight is 398 g/mol. The van der Waals surface area contributed by atoms with Crippen molar-refractivity contribution in [2.75, 3.05) is 31.1 Å². The first-order valence-corrected chi connectivity index (χ1v) is 10.1. The van der Waals surface area contributed by atoms with E-state index in [1.165, 1.54) is 23.0 Å². The van der Waals surface area contributed by atoms with Crippen molar-refractivity contribution in [2.45, 2.75) is 6.92 Å². The van der Waals surface area contributed by atoms with Crippen LogP contribution in [-0.2, 0) is 4.79 Å². The molecule has 0 atom stereocenters. The van der Waals surface area contributed by atoms with Gasteiger partial charge in [0.05, 0.1) is 4.91 Å². The molecule has 1 saturated heterocycles. The molecule has 1 amide bonds. The number of amidine groups is 1. The highest BCUT2D eigenvalue weighted by Gasteiger charge is 2.28. The molecule has 27 heavy (non-hydrogen) atoms. The lowest BCUT2D eigenvalue weighted by Crippen LogP contribution is -2.48. The van der Waals surface area contributed by atoms with E-state index in [2.05, 4.69) is 46.0 Å². The molecule has 0 unspecified atom stereocenters. The number of rotatable bonds is 2. The Bertz CT molecular complexity index is 933. The van der Waals surface area contributed by atoms with Gasteiger partial charge in [0, 0.05) is 36.9 Å². The number of hydrogen-bond acceptors (Lipinski definition) is 4. The van der Waals surface area contributed by atoms with E-state index in [1.807, 2.05) is 30.3 Å². The highest BCUT2D eigenvalue weighted by molar-refractivity contribution is 8.18. The number of anilines is 1. The fraction of sp³-hybridized carbons (Fsp3) is 0.238. The maximum absolute atomic E-state index is 12.3. The van der Waals surface area contributed by atoms with Gasteiger partial charge in [0.15, 0.2) is 5.17 Å². The lowest BCUT2D eigenvalue weighted by Gasteiger charge is -2.37. The molecule has 6 heteroatoms. The van der Waals surface area contributed by atoms with Crippen LogP contribution in [0.15, 0.2) is 58.4 Å². The van der Waals surface area contributed by atoms with Gasteiger partial charge in [-0.2, -0.15) is 4.99 Å². The van der Waals surface area contributed by atoms with E-state index < -0.39 is 0 Å². The number of aryl methyl sites for hydroxylation is 1. The number of amides is 1. The lowest BCUT2D eigenvalue weighted by atomic mass is 10.1. The molecule has 0 aliphatic carbocycles. The second-order valence-corrected chi connectivity index (χ2v) is 8.01. The van der Waals surface area contributed by atoms with Crippen molar-refractivity contribution < 1.29 is 4.79 Å². The third-order valence-electron chi connectivity index (χ3n) is 4.81. The summed E-state index contributed by atoms with van der Waals surface area (Å²) in [5.41, 5.74) is 3.42. The van der Waals surface area contributed by atoms with Gasteiger partial charge >= 0.3 is 0 Å². The predicted octanol–water partition coefficient (Wildman–Crippen LogP) is 4.44. The maximum atomic E-state index is 12.3. The summed E-state index contributed by atoms with van der Waals surface area (Å²) >= 11 is 7.64. The fourth-order valence-electron chi connectivity index (χ4n) is 3.32. The number of aliphatic imine (C=N–C) groups is 1. The van der Waals surface area contributed by atoms with Crippen LogP contribution in [0.4, 0.5) is 5.69 Å².